The highest BCUT2D eigenvalue weighted by molar-refractivity contribution is 7.99. The minimum absolute atomic E-state index is 0.326. The number of aryl methyl sites for hydroxylation is 1. The van der Waals surface area contributed by atoms with Gasteiger partial charge in [0.1, 0.15) is 10.6 Å². The summed E-state index contributed by atoms with van der Waals surface area (Å²) >= 11 is 3.97. The Hall–Kier alpha value is -0.820. The van der Waals surface area contributed by atoms with Gasteiger partial charge in [0.25, 0.3) is 0 Å². The Morgan fingerprint density at radius 3 is 2.77 bits per heavy atom. The van der Waals surface area contributed by atoms with Gasteiger partial charge in [-0.05, 0) is 68.2 Å². The molecular weight excluding hydrogens is 424 g/mol. The van der Waals surface area contributed by atoms with Crippen LogP contribution < -0.4 is 4.74 Å². The molecule has 31 heavy (non-hydrogen) atoms. The van der Waals surface area contributed by atoms with Crippen molar-refractivity contribution in [1.82, 2.24) is 9.88 Å². The second kappa shape index (κ2) is 9.58. The van der Waals surface area contributed by atoms with Crippen molar-refractivity contribution in [3.63, 3.8) is 0 Å². The molecule has 170 valence electrons. The van der Waals surface area contributed by atoms with Crippen LogP contribution in [-0.2, 0) is 11.2 Å². The predicted molar refractivity (Wildman–Crippen MR) is 132 cm³/mol. The van der Waals surface area contributed by atoms with Crippen LogP contribution in [0.3, 0.4) is 0 Å². The van der Waals surface area contributed by atoms with Crippen molar-refractivity contribution in [3.8, 4) is 5.75 Å². The number of hydrogen-bond donors (Lipinski definition) is 0. The van der Waals surface area contributed by atoms with Gasteiger partial charge in [0.05, 0.1) is 24.7 Å². The van der Waals surface area contributed by atoms with Crippen LogP contribution in [0.15, 0.2) is 12.3 Å². The first-order valence-electron chi connectivity index (χ1n) is 12.2. The monoisotopic (exact) mass is 460 g/mol. The molecule has 1 saturated heterocycles. The summed E-state index contributed by atoms with van der Waals surface area (Å²) in [5.74, 6) is 4.18. The number of thiophene rings is 1. The number of hydrogen-bond acceptors (Lipinski definition) is 6. The highest BCUT2D eigenvalue weighted by atomic mass is 32.2. The van der Waals surface area contributed by atoms with Crippen molar-refractivity contribution in [2.45, 2.75) is 76.4 Å². The lowest BCUT2D eigenvalue weighted by atomic mass is 9.77. The standard InChI is InChI=1S/C25H36N2O2S2/c1-3-25(27-13-15-28-16-14-27)10-7-19(8-11-25)29-20-9-12-26-24-23(20)22-18(17-30-4-2)5-6-21(22)31-24/h9,12,18-19H,3-8,10-11,13-17H2,1-2H3/t18-,19?,25?/m1/s1. The lowest BCUT2D eigenvalue weighted by Gasteiger charge is -2.49. The second-order valence-electron chi connectivity index (χ2n) is 9.32. The van der Waals surface area contributed by atoms with Crippen LogP contribution in [0.1, 0.15) is 68.7 Å². The molecule has 3 aliphatic rings. The van der Waals surface area contributed by atoms with Gasteiger partial charge in [0.15, 0.2) is 0 Å². The zero-order valence-corrected chi connectivity index (χ0v) is 20.7. The van der Waals surface area contributed by atoms with Gasteiger partial charge in [-0.2, -0.15) is 11.8 Å². The van der Waals surface area contributed by atoms with Crippen molar-refractivity contribution in [2.24, 2.45) is 0 Å². The molecule has 6 heteroatoms. The van der Waals surface area contributed by atoms with E-state index in [-0.39, 0.29) is 0 Å². The molecule has 4 nitrogen and oxygen atoms in total. The normalized spacial score (nSPS) is 29.4. The van der Waals surface area contributed by atoms with E-state index in [4.69, 9.17) is 14.5 Å². The summed E-state index contributed by atoms with van der Waals surface area (Å²) in [6, 6.07) is 2.13. The third-order valence-corrected chi connectivity index (χ3v) is 10.0. The largest absolute Gasteiger partial charge is 0.490 e. The zero-order chi connectivity index (χ0) is 21.3. The van der Waals surface area contributed by atoms with E-state index in [1.165, 1.54) is 53.8 Å². The highest BCUT2D eigenvalue weighted by Gasteiger charge is 2.40. The second-order valence-corrected chi connectivity index (χ2v) is 11.7. The van der Waals surface area contributed by atoms with E-state index >= 15 is 0 Å². The Labute approximate surface area is 195 Å². The van der Waals surface area contributed by atoms with Gasteiger partial charge in [-0.25, -0.2) is 4.98 Å². The van der Waals surface area contributed by atoms with E-state index in [1.54, 1.807) is 10.4 Å². The molecule has 0 N–H and O–H groups in total. The molecule has 2 aromatic heterocycles. The van der Waals surface area contributed by atoms with Crippen LogP contribution in [0.4, 0.5) is 0 Å². The molecule has 0 spiro atoms. The Morgan fingerprint density at radius 1 is 1.23 bits per heavy atom. The van der Waals surface area contributed by atoms with Crippen LogP contribution >= 0.6 is 23.1 Å². The van der Waals surface area contributed by atoms with E-state index in [1.807, 2.05) is 17.5 Å². The maximum Gasteiger partial charge on any atom is 0.131 e. The molecule has 0 radical (unpaired) electrons. The number of morpholine rings is 1. The number of pyridine rings is 1. The number of nitrogens with zero attached hydrogens (tertiary/aromatic N) is 2. The lowest BCUT2D eigenvalue weighted by Crippen LogP contribution is -2.55. The molecule has 5 rings (SSSR count). The van der Waals surface area contributed by atoms with Crippen LogP contribution in [0.5, 0.6) is 5.75 Å². The van der Waals surface area contributed by atoms with Gasteiger partial charge in [0.2, 0.25) is 0 Å². The summed E-state index contributed by atoms with van der Waals surface area (Å²) in [5, 5.41) is 1.34. The molecular formula is C25H36N2O2S2. The summed E-state index contributed by atoms with van der Waals surface area (Å²) in [6.45, 7) is 8.57. The predicted octanol–water partition coefficient (Wildman–Crippen LogP) is 5.88. The smallest absolute Gasteiger partial charge is 0.131 e. The Morgan fingerprint density at radius 2 is 2.03 bits per heavy atom. The van der Waals surface area contributed by atoms with Gasteiger partial charge < -0.3 is 9.47 Å². The number of ether oxygens (including phenoxy) is 2. The zero-order valence-electron chi connectivity index (χ0n) is 19.0. The van der Waals surface area contributed by atoms with Gasteiger partial charge >= 0.3 is 0 Å². The Kier molecular flexibility index (Phi) is 6.80. The van der Waals surface area contributed by atoms with Gasteiger partial charge in [0, 0.05) is 35.5 Å². The average molecular weight is 461 g/mol. The summed E-state index contributed by atoms with van der Waals surface area (Å²) in [7, 11) is 0. The SMILES string of the molecule is CCSC[C@H]1CCc2sc3nccc(OC4CCC(CC)(N5CCOCC5)CC4)c3c21. The molecule has 2 fully saturated rings. The molecule has 2 aliphatic carbocycles. The van der Waals surface area contributed by atoms with Crippen molar-refractivity contribution < 1.29 is 9.47 Å². The molecule has 2 aromatic rings. The fraction of sp³-hybridized carbons (Fsp3) is 0.720. The van der Waals surface area contributed by atoms with Gasteiger partial charge in [-0.1, -0.05) is 13.8 Å². The van der Waals surface area contributed by atoms with Crippen molar-refractivity contribution in [1.29, 1.82) is 0 Å². The van der Waals surface area contributed by atoms with Crippen molar-refractivity contribution in [2.75, 3.05) is 37.8 Å². The third kappa shape index (κ3) is 4.25. The topological polar surface area (TPSA) is 34.6 Å². The summed E-state index contributed by atoms with van der Waals surface area (Å²) in [6.07, 6.45) is 10.8. The molecule has 0 bridgehead atoms. The molecule has 0 amide bonds. The first-order chi connectivity index (χ1) is 15.2. The Balaban J connectivity index is 1.33. The van der Waals surface area contributed by atoms with E-state index in [2.05, 4.69) is 36.6 Å². The molecule has 0 aromatic carbocycles. The van der Waals surface area contributed by atoms with Crippen LogP contribution in [0.25, 0.3) is 10.2 Å². The highest BCUT2D eigenvalue weighted by Crippen LogP contribution is 2.48. The Bertz CT molecular complexity index is 885. The fourth-order valence-corrected chi connectivity index (χ4v) is 8.12. The maximum atomic E-state index is 6.75. The van der Waals surface area contributed by atoms with Crippen LogP contribution in [-0.4, -0.2) is 59.3 Å². The molecule has 1 saturated carbocycles. The number of fused-ring (bicyclic) bond motifs is 3. The van der Waals surface area contributed by atoms with E-state index < -0.39 is 0 Å². The van der Waals surface area contributed by atoms with Crippen molar-refractivity contribution in [3.05, 3.63) is 22.7 Å². The minimum atomic E-state index is 0.326. The third-order valence-electron chi connectivity index (χ3n) is 7.82. The molecule has 0 unspecified atom stereocenters. The van der Waals surface area contributed by atoms with E-state index in [9.17, 15) is 0 Å². The molecule has 1 atom stereocenters. The summed E-state index contributed by atoms with van der Waals surface area (Å²) in [5.41, 5.74) is 1.92. The van der Waals surface area contributed by atoms with Crippen molar-refractivity contribution >= 4 is 33.3 Å². The first kappa shape index (κ1) is 22.0. The van der Waals surface area contributed by atoms with E-state index in [0.717, 1.165) is 44.9 Å². The quantitative estimate of drug-likeness (QED) is 0.515. The van der Waals surface area contributed by atoms with Crippen LogP contribution in [0.2, 0.25) is 0 Å². The van der Waals surface area contributed by atoms with Gasteiger partial charge in [-0.15, -0.1) is 11.3 Å². The van der Waals surface area contributed by atoms with E-state index in [0.29, 0.717) is 17.6 Å². The van der Waals surface area contributed by atoms with Gasteiger partial charge in [-0.3, -0.25) is 4.90 Å². The van der Waals surface area contributed by atoms with Crippen LogP contribution in [0, 0.1) is 0 Å². The number of thioether (sulfide) groups is 1. The summed E-state index contributed by atoms with van der Waals surface area (Å²) in [4.78, 5) is 10.2. The first-order valence-corrected chi connectivity index (χ1v) is 14.2. The molecule has 3 heterocycles. The average Bonchev–Trinajstić information content (AvgIpc) is 3.38. The maximum absolute atomic E-state index is 6.75. The molecule has 1 aliphatic heterocycles. The minimum Gasteiger partial charge on any atom is -0.490 e. The fourth-order valence-electron chi connectivity index (χ4n) is 6.01. The summed E-state index contributed by atoms with van der Waals surface area (Å²) < 4.78 is 12.4. The number of aromatic nitrogens is 1. The number of rotatable bonds is 7. The lowest BCUT2D eigenvalue weighted by molar-refractivity contribution is -0.0510.